The maximum atomic E-state index is 14.7. The number of rotatable bonds is 6. The molecule has 0 aromatic heterocycles. The van der Waals surface area contributed by atoms with Gasteiger partial charge in [0.2, 0.25) is 0 Å². The lowest BCUT2D eigenvalue weighted by Gasteiger charge is -2.24. The van der Waals surface area contributed by atoms with Crippen LogP contribution >= 0.6 is 12.4 Å². The molecule has 3 rings (SSSR count). The van der Waals surface area contributed by atoms with Gasteiger partial charge in [0.1, 0.15) is 5.75 Å². The number of alkyl halides is 1. The summed E-state index contributed by atoms with van der Waals surface area (Å²) < 4.78 is 20.8. The molecule has 24 heavy (non-hydrogen) atoms. The first kappa shape index (κ1) is 18.2. The van der Waals surface area contributed by atoms with Gasteiger partial charge in [-0.05, 0) is 24.1 Å². The van der Waals surface area contributed by atoms with Crippen molar-refractivity contribution in [3.63, 3.8) is 0 Å². The highest BCUT2D eigenvalue weighted by Gasteiger charge is 2.24. The van der Waals surface area contributed by atoms with Gasteiger partial charge in [0.25, 0.3) is 0 Å². The molecule has 0 amide bonds. The van der Waals surface area contributed by atoms with Crippen molar-refractivity contribution in [1.29, 1.82) is 0 Å². The summed E-state index contributed by atoms with van der Waals surface area (Å²) in [6, 6.07) is 23.4. The summed E-state index contributed by atoms with van der Waals surface area (Å²) in [5.74, 6) is 0.704. The van der Waals surface area contributed by atoms with Crippen molar-refractivity contribution in [3.05, 3.63) is 78.4 Å². The molecule has 3 aromatic rings. The molecule has 0 aliphatic heterocycles. The van der Waals surface area contributed by atoms with Gasteiger partial charge in [0, 0.05) is 11.9 Å². The van der Waals surface area contributed by atoms with E-state index in [4.69, 9.17) is 4.74 Å². The molecule has 0 heterocycles. The van der Waals surface area contributed by atoms with Gasteiger partial charge in [-0.1, -0.05) is 66.7 Å². The van der Waals surface area contributed by atoms with Crippen LogP contribution in [-0.4, -0.2) is 19.8 Å². The molecule has 0 aliphatic rings. The molecule has 1 N–H and O–H groups in total. The average molecular weight is 346 g/mol. The van der Waals surface area contributed by atoms with Crippen molar-refractivity contribution in [1.82, 2.24) is 5.32 Å². The number of nitrogens with one attached hydrogen (secondary N) is 1. The Kier molecular flexibility index (Phi) is 6.59. The second-order valence-corrected chi connectivity index (χ2v) is 5.50. The molecule has 0 aliphatic carbocycles. The van der Waals surface area contributed by atoms with Crippen molar-refractivity contribution in [2.24, 2.45) is 0 Å². The Bertz CT molecular complexity index is 760. The molecular weight excluding hydrogens is 325 g/mol. The van der Waals surface area contributed by atoms with Crippen molar-refractivity contribution >= 4 is 23.2 Å². The second kappa shape index (κ2) is 8.67. The Morgan fingerprint density at radius 2 is 1.58 bits per heavy atom. The molecular formula is C20H21ClFNO. The third-order valence-corrected chi connectivity index (χ3v) is 3.86. The summed E-state index contributed by atoms with van der Waals surface area (Å²) in [4.78, 5) is 0. The monoisotopic (exact) mass is 345 g/mol. The molecule has 0 bridgehead atoms. The van der Waals surface area contributed by atoms with Gasteiger partial charge >= 0.3 is 0 Å². The summed E-state index contributed by atoms with van der Waals surface area (Å²) in [5, 5.41) is 4.96. The molecule has 3 aromatic carbocycles. The third-order valence-electron chi connectivity index (χ3n) is 3.86. The standard InChI is InChI=1S/C20H20FNO.ClH/c1-22-14-18(21)20(16-9-3-2-4-10-16)23-19-13-7-11-15-8-5-6-12-17(15)19;/h2-13,18,20,22H,14H2,1H3;1H. The number of hydrogen-bond donors (Lipinski definition) is 1. The zero-order valence-corrected chi connectivity index (χ0v) is 14.3. The van der Waals surface area contributed by atoms with E-state index in [9.17, 15) is 4.39 Å². The van der Waals surface area contributed by atoms with Crippen molar-refractivity contribution in [3.8, 4) is 5.75 Å². The fourth-order valence-corrected chi connectivity index (χ4v) is 2.73. The Morgan fingerprint density at radius 3 is 2.33 bits per heavy atom. The van der Waals surface area contributed by atoms with Gasteiger partial charge in [0.15, 0.2) is 12.3 Å². The first-order valence-corrected chi connectivity index (χ1v) is 7.77. The van der Waals surface area contributed by atoms with Crippen molar-refractivity contribution in [2.75, 3.05) is 13.6 Å². The van der Waals surface area contributed by atoms with Crippen molar-refractivity contribution < 1.29 is 9.13 Å². The normalized spacial score (nSPS) is 13.1. The van der Waals surface area contributed by atoms with Gasteiger partial charge in [0.05, 0.1) is 0 Å². The van der Waals surface area contributed by atoms with E-state index in [1.54, 1.807) is 7.05 Å². The van der Waals surface area contributed by atoms with E-state index in [-0.39, 0.29) is 19.0 Å². The van der Waals surface area contributed by atoms with Crippen LogP contribution in [0.15, 0.2) is 72.8 Å². The zero-order valence-electron chi connectivity index (χ0n) is 13.5. The molecule has 2 unspecified atom stereocenters. The van der Waals surface area contributed by atoms with Gasteiger partial charge in [-0.15, -0.1) is 12.4 Å². The number of benzene rings is 3. The highest BCUT2D eigenvalue weighted by atomic mass is 35.5. The maximum absolute atomic E-state index is 14.7. The average Bonchev–Trinajstić information content (AvgIpc) is 2.60. The van der Waals surface area contributed by atoms with E-state index in [0.717, 1.165) is 16.3 Å². The zero-order chi connectivity index (χ0) is 16.1. The minimum atomic E-state index is -1.14. The molecule has 2 atom stereocenters. The van der Waals surface area contributed by atoms with E-state index in [1.165, 1.54) is 0 Å². The number of fused-ring (bicyclic) bond motifs is 1. The van der Waals surface area contributed by atoms with Crippen LogP contribution in [-0.2, 0) is 0 Å². The Hall–Kier alpha value is -2.10. The van der Waals surface area contributed by atoms with Gasteiger partial charge in [-0.25, -0.2) is 4.39 Å². The Balaban J connectivity index is 0.00000208. The number of hydrogen-bond acceptors (Lipinski definition) is 2. The van der Waals surface area contributed by atoms with E-state index in [0.29, 0.717) is 5.75 Å². The van der Waals surface area contributed by atoms with Crippen LogP contribution in [0.5, 0.6) is 5.75 Å². The molecule has 126 valence electrons. The smallest absolute Gasteiger partial charge is 0.156 e. The molecule has 0 fully saturated rings. The summed E-state index contributed by atoms with van der Waals surface area (Å²) in [6.45, 7) is 0.240. The minimum Gasteiger partial charge on any atom is -0.482 e. The molecule has 0 spiro atoms. The number of ether oxygens (including phenoxy) is 1. The molecule has 0 radical (unpaired) electrons. The van der Waals surface area contributed by atoms with E-state index < -0.39 is 12.3 Å². The van der Waals surface area contributed by atoms with Gasteiger partial charge < -0.3 is 10.1 Å². The van der Waals surface area contributed by atoms with E-state index in [1.807, 2.05) is 72.8 Å². The Morgan fingerprint density at radius 1 is 0.917 bits per heavy atom. The van der Waals surface area contributed by atoms with E-state index >= 15 is 0 Å². The first-order valence-electron chi connectivity index (χ1n) is 7.77. The SMILES string of the molecule is CNCC(F)C(Oc1cccc2ccccc12)c1ccccc1.Cl. The van der Waals surface area contributed by atoms with Crippen LogP contribution < -0.4 is 10.1 Å². The van der Waals surface area contributed by atoms with E-state index in [2.05, 4.69) is 5.32 Å². The van der Waals surface area contributed by atoms with Crippen LogP contribution in [0.1, 0.15) is 11.7 Å². The molecule has 0 saturated heterocycles. The van der Waals surface area contributed by atoms with Crippen LogP contribution in [0.2, 0.25) is 0 Å². The summed E-state index contributed by atoms with van der Waals surface area (Å²) in [6.07, 6.45) is -1.78. The molecule has 4 heteroatoms. The van der Waals surface area contributed by atoms with Crippen molar-refractivity contribution in [2.45, 2.75) is 12.3 Å². The Labute approximate surface area is 148 Å². The maximum Gasteiger partial charge on any atom is 0.156 e. The van der Waals surface area contributed by atoms with Crippen LogP contribution in [0, 0.1) is 0 Å². The predicted molar refractivity (Wildman–Crippen MR) is 99.8 cm³/mol. The summed E-state index contributed by atoms with van der Waals surface area (Å²) >= 11 is 0. The third kappa shape index (κ3) is 4.05. The van der Waals surface area contributed by atoms with Crippen LogP contribution in [0.25, 0.3) is 10.8 Å². The lowest BCUT2D eigenvalue weighted by Crippen LogP contribution is -2.29. The molecule has 2 nitrogen and oxygen atoms in total. The minimum absolute atomic E-state index is 0. The summed E-state index contributed by atoms with van der Waals surface area (Å²) in [5.41, 5.74) is 0.836. The van der Waals surface area contributed by atoms with Crippen LogP contribution in [0.4, 0.5) is 4.39 Å². The van der Waals surface area contributed by atoms with Gasteiger partial charge in [-0.3, -0.25) is 0 Å². The van der Waals surface area contributed by atoms with Gasteiger partial charge in [-0.2, -0.15) is 0 Å². The fraction of sp³-hybridized carbons (Fsp3) is 0.200. The highest BCUT2D eigenvalue weighted by molar-refractivity contribution is 5.88. The first-order chi connectivity index (χ1) is 11.3. The summed E-state index contributed by atoms with van der Waals surface area (Å²) in [7, 11) is 1.74. The topological polar surface area (TPSA) is 21.3 Å². The number of halogens is 2. The predicted octanol–water partition coefficient (Wildman–Crippen LogP) is 4.94. The quantitative estimate of drug-likeness (QED) is 0.683. The lowest BCUT2D eigenvalue weighted by molar-refractivity contribution is 0.102. The second-order valence-electron chi connectivity index (χ2n) is 5.50. The lowest BCUT2D eigenvalue weighted by atomic mass is 10.0. The molecule has 0 saturated carbocycles. The van der Waals surface area contributed by atoms with Crippen LogP contribution in [0.3, 0.4) is 0 Å². The largest absolute Gasteiger partial charge is 0.482 e. The highest BCUT2D eigenvalue weighted by Crippen LogP contribution is 2.31. The fourth-order valence-electron chi connectivity index (χ4n) is 2.73.